The van der Waals surface area contributed by atoms with E-state index in [1.165, 1.54) is 24.3 Å². The van der Waals surface area contributed by atoms with Gasteiger partial charge in [0.05, 0.1) is 15.6 Å². The fourth-order valence-electron chi connectivity index (χ4n) is 2.48. The van der Waals surface area contributed by atoms with Gasteiger partial charge in [-0.2, -0.15) is 0 Å². The second kappa shape index (κ2) is 8.33. The van der Waals surface area contributed by atoms with E-state index in [1.807, 2.05) is 25.1 Å². The van der Waals surface area contributed by atoms with Crippen molar-refractivity contribution in [2.45, 2.75) is 11.8 Å². The summed E-state index contributed by atoms with van der Waals surface area (Å²) in [6.07, 6.45) is 0. The zero-order valence-electron chi connectivity index (χ0n) is 14.9. The summed E-state index contributed by atoms with van der Waals surface area (Å²) in [5.41, 5.74) is 2.45. The van der Waals surface area contributed by atoms with Crippen LogP contribution in [0.5, 0.6) is 0 Å². The molecule has 3 aromatic carbocycles. The minimum Gasteiger partial charge on any atom is -0.308 e. The second-order valence-corrected chi connectivity index (χ2v) is 8.15. The summed E-state index contributed by atoms with van der Waals surface area (Å²) in [5, 5.41) is 5.68. The lowest BCUT2D eigenvalue weighted by atomic mass is 10.2. The maximum Gasteiger partial charge on any atom is 0.323 e. The number of nitrogens with one attached hydrogen (secondary N) is 3. The van der Waals surface area contributed by atoms with Crippen LogP contribution in [-0.4, -0.2) is 14.4 Å². The molecule has 3 N–H and O–H groups in total. The third-order valence-electron chi connectivity index (χ3n) is 3.82. The first-order valence-corrected chi connectivity index (χ1v) is 10.2. The van der Waals surface area contributed by atoms with Crippen LogP contribution in [0, 0.1) is 6.92 Å². The molecule has 0 spiro atoms. The van der Waals surface area contributed by atoms with Crippen molar-refractivity contribution in [3.8, 4) is 0 Å². The molecule has 0 bridgehead atoms. The Morgan fingerprint density at radius 3 is 2.21 bits per heavy atom. The summed E-state index contributed by atoms with van der Waals surface area (Å²) in [6, 6.07) is 19.4. The van der Waals surface area contributed by atoms with Crippen LogP contribution in [0.2, 0.25) is 5.02 Å². The number of anilines is 3. The fraction of sp³-hybridized carbons (Fsp3) is 0.0500. The Kier molecular flexibility index (Phi) is 5.87. The van der Waals surface area contributed by atoms with Crippen molar-refractivity contribution >= 4 is 44.7 Å². The maximum absolute atomic E-state index is 12.5. The Balaban J connectivity index is 1.67. The third kappa shape index (κ3) is 5.03. The van der Waals surface area contributed by atoms with Gasteiger partial charge in [0.25, 0.3) is 10.0 Å². The highest BCUT2D eigenvalue weighted by Gasteiger charge is 2.15. The Morgan fingerprint density at radius 2 is 1.54 bits per heavy atom. The zero-order chi connectivity index (χ0) is 20.1. The summed E-state index contributed by atoms with van der Waals surface area (Å²) < 4.78 is 27.4. The monoisotopic (exact) mass is 415 g/mol. The molecule has 28 heavy (non-hydrogen) atoms. The fourth-order valence-corrected chi connectivity index (χ4v) is 3.80. The molecule has 6 nitrogen and oxygen atoms in total. The second-order valence-electron chi connectivity index (χ2n) is 6.06. The van der Waals surface area contributed by atoms with Crippen LogP contribution in [0.25, 0.3) is 0 Å². The highest BCUT2D eigenvalue weighted by atomic mass is 35.5. The number of hydrogen-bond acceptors (Lipinski definition) is 3. The molecule has 0 fully saturated rings. The van der Waals surface area contributed by atoms with Gasteiger partial charge in [-0.15, -0.1) is 0 Å². The Bertz CT molecular complexity index is 1100. The number of hydrogen-bond donors (Lipinski definition) is 3. The minimum absolute atomic E-state index is 0.0528. The minimum atomic E-state index is -3.80. The van der Waals surface area contributed by atoms with Gasteiger partial charge in [-0.3, -0.25) is 4.72 Å². The molecule has 0 saturated carbocycles. The van der Waals surface area contributed by atoms with Crippen LogP contribution in [0.3, 0.4) is 0 Å². The number of carbonyl (C=O) groups excluding carboxylic acids is 1. The lowest BCUT2D eigenvalue weighted by Crippen LogP contribution is -2.19. The molecule has 3 aromatic rings. The quantitative estimate of drug-likeness (QED) is 0.542. The maximum atomic E-state index is 12.5. The first-order valence-electron chi connectivity index (χ1n) is 8.35. The lowest BCUT2D eigenvalue weighted by molar-refractivity contribution is 0.262. The van der Waals surface area contributed by atoms with Crippen LogP contribution < -0.4 is 15.4 Å². The number of aryl methyl sites for hydroxylation is 1. The molecule has 3 rings (SSSR count). The smallest absolute Gasteiger partial charge is 0.308 e. The molecular weight excluding hydrogens is 398 g/mol. The number of benzene rings is 3. The van der Waals surface area contributed by atoms with Crippen LogP contribution in [0.4, 0.5) is 21.9 Å². The first kappa shape index (κ1) is 19.7. The van der Waals surface area contributed by atoms with Gasteiger partial charge >= 0.3 is 6.03 Å². The average molecular weight is 416 g/mol. The van der Waals surface area contributed by atoms with Crippen LogP contribution in [-0.2, 0) is 10.0 Å². The van der Waals surface area contributed by atoms with E-state index in [9.17, 15) is 13.2 Å². The summed E-state index contributed by atoms with van der Waals surface area (Å²) in [6.45, 7) is 1.93. The molecule has 144 valence electrons. The van der Waals surface area contributed by atoms with Gasteiger partial charge in [-0.1, -0.05) is 35.9 Å². The van der Waals surface area contributed by atoms with Crippen LogP contribution in [0.15, 0.2) is 77.7 Å². The van der Waals surface area contributed by atoms with Gasteiger partial charge < -0.3 is 10.6 Å². The Hall–Kier alpha value is -3.03. The van der Waals surface area contributed by atoms with E-state index in [0.717, 1.165) is 5.56 Å². The molecular formula is C20H18ClN3O3S. The van der Waals surface area contributed by atoms with E-state index in [2.05, 4.69) is 15.4 Å². The molecule has 0 heterocycles. The molecule has 0 unspecified atom stereocenters. The molecule has 0 atom stereocenters. The topological polar surface area (TPSA) is 87.3 Å². The van der Waals surface area contributed by atoms with Crippen molar-refractivity contribution in [3.05, 3.63) is 83.4 Å². The van der Waals surface area contributed by atoms with Crippen LogP contribution in [0.1, 0.15) is 5.56 Å². The van der Waals surface area contributed by atoms with Crippen molar-refractivity contribution in [2.75, 3.05) is 15.4 Å². The highest BCUT2D eigenvalue weighted by Crippen LogP contribution is 2.24. The molecule has 0 aliphatic heterocycles. The molecule has 0 saturated heterocycles. The van der Waals surface area contributed by atoms with E-state index in [1.54, 1.807) is 30.3 Å². The summed E-state index contributed by atoms with van der Waals surface area (Å²) in [4.78, 5) is 12.1. The lowest BCUT2D eigenvalue weighted by Gasteiger charge is -2.11. The first-order chi connectivity index (χ1) is 13.3. The largest absolute Gasteiger partial charge is 0.323 e. The highest BCUT2D eigenvalue weighted by molar-refractivity contribution is 7.92. The van der Waals surface area contributed by atoms with E-state index in [4.69, 9.17) is 11.6 Å². The van der Waals surface area contributed by atoms with Crippen molar-refractivity contribution in [1.29, 1.82) is 0 Å². The number of carbonyl (C=O) groups is 1. The molecule has 0 aliphatic rings. The molecule has 2 amide bonds. The standard InChI is InChI=1S/C20H18ClN3O3S/c1-14-5-4-6-16(13-14)23-20(25)22-15-9-11-17(12-10-15)28(26,27)24-19-8-3-2-7-18(19)21/h2-13,24H,1H3,(H2,22,23,25). The van der Waals surface area contributed by atoms with Gasteiger partial charge in [0.2, 0.25) is 0 Å². The van der Waals surface area contributed by atoms with E-state index >= 15 is 0 Å². The third-order valence-corrected chi connectivity index (χ3v) is 5.53. The van der Waals surface area contributed by atoms with Gasteiger partial charge in [-0.25, -0.2) is 13.2 Å². The van der Waals surface area contributed by atoms with Gasteiger partial charge in [-0.05, 0) is 61.0 Å². The predicted octanol–water partition coefficient (Wildman–Crippen LogP) is 5.09. The normalized spacial score (nSPS) is 10.9. The number of amides is 2. The summed E-state index contributed by atoms with van der Waals surface area (Å²) in [7, 11) is -3.80. The summed E-state index contributed by atoms with van der Waals surface area (Å²) in [5.74, 6) is 0. The number of urea groups is 1. The predicted molar refractivity (Wildman–Crippen MR) is 113 cm³/mol. The molecule has 8 heteroatoms. The Morgan fingerprint density at radius 1 is 0.857 bits per heavy atom. The number of sulfonamides is 1. The number of halogens is 1. The van der Waals surface area contributed by atoms with E-state index in [-0.39, 0.29) is 4.90 Å². The van der Waals surface area contributed by atoms with E-state index in [0.29, 0.717) is 22.1 Å². The SMILES string of the molecule is Cc1cccc(NC(=O)Nc2ccc(S(=O)(=O)Nc3ccccc3Cl)cc2)c1. The van der Waals surface area contributed by atoms with E-state index < -0.39 is 16.1 Å². The van der Waals surface area contributed by atoms with Crippen molar-refractivity contribution in [1.82, 2.24) is 0 Å². The van der Waals surface area contributed by atoms with Crippen molar-refractivity contribution < 1.29 is 13.2 Å². The Labute approximate surface area is 168 Å². The zero-order valence-corrected chi connectivity index (χ0v) is 16.5. The number of para-hydroxylation sites is 1. The van der Waals surface area contributed by atoms with Crippen LogP contribution >= 0.6 is 11.6 Å². The summed E-state index contributed by atoms with van der Waals surface area (Å²) >= 11 is 6.00. The van der Waals surface area contributed by atoms with Gasteiger partial charge in [0.1, 0.15) is 0 Å². The van der Waals surface area contributed by atoms with Gasteiger partial charge in [0, 0.05) is 11.4 Å². The van der Waals surface area contributed by atoms with Crippen molar-refractivity contribution in [2.24, 2.45) is 0 Å². The molecule has 0 aromatic heterocycles. The number of rotatable bonds is 5. The molecule has 0 radical (unpaired) electrons. The van der Waals surface area contributed by atoms with Crippen molar-refractivity contribution in [3.63, 3.8) is 0 Å². The average Bonchev–Trinajstić information content (AvgIpc) is 2.64. The van der Waals surface area contributed by atoms with Gasteiger partial charge in [0.15, 0.2) is 0 Å². The molecule has 0 aliphatic carbocycles.